The van der Waals surface area contributed by atoms with E-state index in [-0.39, 0.29) is 10.0 Å². The van der Waals surface area contributed by atoms with Crippen molar-refractivity contribution in [3.05, 3.63) is 53.4 Å². The number of carbonyl (C=O) groups is 4. The molecule has 0 aromatic heterocycles. The number of benzene rings is 2. The Morgan fingerprint density at radius 2 is 0.900 bits per heavy atom. The number of esters is 2. The Morgan fingerprint density at radius 1 is 0.600 bits per heavy atom. The number of carbonyl (C=O) groups excluding carboxylic acids is 2. The number of ether oxygens (including phenoxy) is 2. The maximum Gasteiger partial charge on any atom is 0.423 e. The highest BCUT2D eigenvalue weighted by molar-refractivity contribution is 6.47. The third-order valence-corrected chi connectivity index (χ3v) is 5.37. The molecule has 0 bridgehead atoms. The van der Waals surface area contributed by atoms with E-state index in [1.165, 1.54) is 0 Å². The van der Waals surface area contributed by atoms with Gasteiger partial charge in [-0.1, -0.05) is 69.6 Å². The molecule has 2 N–H and O–H groups in total. The molecule has 2 aromatic carbocycles. The van der Waals surface area contributed by atoms with Gasteiger partial charge in [-0.3, -0.25) is 0 Å². The van der Waals surface area contributed by atoms with Gasteiger partial charge in [0.1, 0.15) is 11.1 Å². The van der Waals surface area contributed by atoms with Gasteiger partial charge in [-0.2, -0.15) is 0 Å². The average Bonchev–Trinajstić information content (AvgIpc) is 2.63. The lowest BCUT2D eigenvalue weighted by Crippen LogP contribution is -2.27. The fraction of sp³-hybridized carbons (Fsp3) is 0. The third-order valence-electron chi connectivity index (χ3n) is 3.24. The number of carboxylic acids is 2. The Morgan fingerprint density at radius 3 is 1.17 bits per heavy atom. The lowest BCUT2D eigenvalue weighted by atomic mass is 10.2. The molecule has 0 atom stereocenters. The molecule has 8 nitrogen and oxygen atoms in total. The van der Waals surface area contributed by atoms with Crippen LogP contribution in [-0.4, -0.2) is 34.1 Å². The molecule has 14 heteroatoms. The maximum absolute atomic E-state index is 12.1. The first-order chi connectivity index (χ1) is 13.9. The minimum absolute atomic E-state index is 0.255. The molecule has 0 heterocycles. The quantitative estimate of drug-likeness (QED) is 0.226. The maximum atomic E-state index is 12.1. The highest BCUT2D eigenvalue weighted by Crippen LogP contribution is 2.41. The van der Waals surface area contributed by atoms with Crippen LogP contribution in [0.15, 0.2) is 12.1 Å². The molecule has 0 saturated carbocycles. The average molecular weight is 537 g/mol. The Labute approximate surface area is 196 Å². The Balaban J connectivity index is 2.42. The topological polar surface area (TPSA) is 127 Å². The molecule has 0 aliphatic heterocycles. The van der Waals surface area contributed by atoms with Gasteiger partial charge >= 0.3 is 23.9 Å². The van der Waals surface area contributed by atoms with Gasteiger partial charge in [0.05, 0.1) is 30.1 Å². The lowest BCUT2D eigenvalue weighted by Gasteiger charge is -2.13. The van der Waals surface area contributed by atoms with Crippen LogP contribution < -0.4 is 9.47 Å². The van der Waals surface area contributed by atoms with Crippen molar-refractivity contribution < 1.29 is 38.9 Å². The van der Waals surface area contributed by atoms with Crippen LogP contribution in [0.2, 0.25) is 30.1 Å². The fourth-order valence-electron chi connectivity index (χ4n) is 2.01. The summed E-state index contributed by atoms with van der Waals surface area (Å²) < 4.78 is 9.37. The first-order valence-corrected chi connectivity index (χ1v) is 9.39. The molecule has 0 aliphatic rings. The molecule has 0 saturated heterocycles. The normalized spacial score (nSPS) is 10.5. The third kappa shape index (κ3) is 4.85. The van der Waals surface area contributed by atoms with Gasteiger partial charge in [0.15, 0.2) is 11.5 Å². The Kier molecular flexibility index (Phi) is 7.68. The van der Waals surface area contributed by atoms with Crippen LogP contribution in [0.5, 0.6) is 11.5 Å². The zero-order valence-corrected chi connectivity index (χ0v) is 18.3. The number of halogens is 6. The van der Waals surface area contributed by atoms with Crippen molar-refractivity contribution in [2.75, 3.05) is 0 Å². The number of hydrogen-bond donors (Lipinski definition) is 2. The van der Waals surface area contributed by atoms with Gasteiger partial charge < -0.3 is 19.7 Å². The number of rotatable bonds is 4. The summed E-state index contributed by atoms with van der Waals surface area (Å²) in [5.74, 6) is -8.48. The molecule has 158 valence electrons. The standard InChI is InChI=1S/C16H4Cl6O8/c17-3-1-5(19)11(7(9(3)21)13(23)24)29-15(27)16(28)30-12-6(20)2-4(18)10(22)8(12)14(25)26/h1-2H,(H,23,24)(H,25,26). The van der Waals surface area contributed by atoms with E-state index in [2.05, 4.69) is 9.47 Å². The van der Waals surface area contributed by atoms with Gasteiger partial charge in [0.2, 0.25) is 0 Å². The minimum atomic E-state index is -1.78. The summed E-state index contributed by atoms with van der Waals surface area (Å²) in [4.78, 5) is 47.0. The summed E-state index contributed by atoms with van der Waals surface area (Å²) in [5.41, 5.74) is -1.59. The monoisotopic (exact) mass is 534 g/mol. The smallest absolute Gasteiger partial charge is 0.423 e. The molecule has 0 unspecified atom stereocenters. The van der Waals surface area contributed by atoms with E-state index in [0.717, 1.165) is 12.1 Å². The van der Waals surface area contributed by atoms with Gasteiger partial charge in [-0.25, -0.2) is 19.2 Å². The zero-order valence-electron chi connectivity index (χ0n) is 13.8. The van der Waals surface area contributed by atoms with Crippen LogP contribution >= 0.6 is 69.6 Å². The summed E-state index contributed by atoms with van der Waals surface area (Å²) >= 11 is 34.7. The van der Waals surface area contributed by atoms with Gasteiger partial charge in [0, 0.05) is 0 Å². The number of carboxylic acid groups (broad SMARTS) is 2. The van der Waals surface area contributed by atoms with E-state index < -0.39 is 66.6 Å². The molecule has 2 aromatic rings. The minimum Gasteiger partial charge on any atom is -0.477 e. The number of hydrogen-bond acceptors (Lipinski definition) is 6. The van der Waals surface area contributed by atoms with Crippen molar-refractivity contribution in [1.82, 2.24) is 0 Å². The highest BCUT2D eigenvalue weighted by atomic mass is 35.5. The largest absolute Gasteiger partial charge is 0.477 e. The van der Waals surface area contributed by atoms with Crippen LogP contribution in [0.4, 0.5) is 0 Å². The summed E-state index contributed by atoms with van der Waals surface area (Å²) in [6, 6.07) is 1.95. The summed E-state index contributed by atoms with van der Waals surface area (Å²) in [7, 11) is 0. The lowest BCUT2D eigenvalue weighted by molar-refractivity contribution is -0.156. The summed E-state index contributed by atoms with van der Waals surface area (Å²) in [6.07, 6.45) is 0. The van der Waals surface area contributed by atoms with Crippen molar-refractivity contribution >= 4 is 93.5 Å². The van der Waals surface area contributed by atoms with Crippen LogP contribution in [0.1, 0.15) is 20.7 Å². The molecule has 30 heavy (non-hydrogen) atoms. The Bertz CT molecular complexity index is 1030. The molecule has 0 fully saturated rings. The van der Waals surface area contributed by atoms with Crippen LogP contribution in [0.3, 0.4) is 0 Å². The van der Waals surface area contributed by atoms with E-state index in [1.807, 2.05) is 0 Å². The molecular formula is C16H4Cl6O8. The second-order valence-electron chi connectivity index (χ2n) is 5.11. The molecule has 0 spiro atoms. The van der Waals surface area contributed by atoms with Gasteiger partial charge in [0.25, 0.3) is 0 Å². The second kappa shape index (κ2) is 9.47. The molecule has 0 amide bonds. The predicted octanol–water partition coefficient (Wildman–Crippen LogP) is 5.51. The van der Waals surface area contributed by atoms with E-state index >= 15 is 0 Å². The van der Waals surface area contributed by atoms with Crippen molar-refractivity contribution in [1.29, 1.82) is 0 Å². The van der Waals surface area contributed by atoms with Crippen LogP contribution in [0, 0.1) is 0 Å². The molecule has 0 radical (unpaired) electrons. The van der Waals surface area contributed by atoms with Gasteiger partial charge in [-0.15, -0.1) is 0 Å². The van der Waals surface area contributed by atoms with E-state index in [0.29, 0.717) is 0 Å². The van der Waals surface area contributed by atoms with E-state index in [9.17, 15) is 29.4 Å². The first-order valence-electron chi connectivity index (χ1n) is 7.12. The van der Waals surface area contributed by atoms with Crippen molar-refractivity contribution in [2.24, 2.45) is 0 Å². The zero-order chi connectivity index (χ0) is 22.9. The van der Waals surface area contributed by atoms with E-state index in [1.54, 1.807) is 0 Å². The van der Waals surface area contributed by atoms with Crippen molar-refractivity contribution in [3.8, 4) is 11.5 Å². The number of aromatic carboxylic acids is 2. The summed E-state index contributed by atoms with van der Waals surface area (Å²) in [5, 5.41) is 16.1. The fourth-order valence-corrected chi connectivity index (χ4v) is 3.45. The molecular weight excluding hydrogens is 533 g/mol. The highest BCUT2D eigenvalue weighted by Gasteiger charge is 2.30. The predicted molar refractivity (Wildman–Crippen MR) is 108 cm³/mol. The Hall–Kier alpha value is -1.94. The van der Waals surface area contributed by atoms with Crippen LogP contribution in [-0.2, 0) is 9.59 Å². The van der Waals surface area contributed by atoms with E-state index in [4.69, 9.17) is 69.6 Å². The molecule has 2 rings (SSSR count). The van der Waals surface area contributed by atoms with Crippen molar-refractivity contribution in [2.45, 2.75) is 0 Å². The van der Waals surface area contributed by atoms with Crippen LogP contribution in [0.25, 0.3) is 0 Å². The SMILES string of the molecule is O=C(Oc1c(Cl)cc(Cl)c(Cl)c1C(=O)O)C(=O)Oc1c(Cl)cc(Cl)c(Cl)c1C(=O)O. The summed E-state index contributed by atoms with van der Waals surface area (Å²) in [6.45, 7) is 0. The second-order valence-corrected chi connectivity index (χ2v) is 7.49. The van der Waals surface area contributed by atoms with Gasteiger partial charge in [-0.05, 0) is 12.1 Å². The molecule has 0 aliphatic carbocycles. The van der Waals surface area contributed by atoms with Crippen molar-refractivity contribution in [3.63, 3.8) is 0 Å². The first kappa shape index (κ1) is 24.3.